The Labute approximate surface area is 218 Å². The second kappa shape index (κ2) is 10.9. The summed E-state index contributed by atoms with van der Waals surface area (Å²) in [6, 6.07) is 9.50. The van der Waals surface area contributed by atoms with Gasteiger partial charge >= 0.3 is 5.97 Å². The van der Waals surface area contributed by atoms with Gasteiger partial charge in [-0.3, -0.25) is 9.59 Å². The molecule has 2 aromatic heterocycles. The lowest BCUT2D eigenvalue weighted by molar-refractivity contribution is -0.143. The van der Waals surface area contributed by atoms with Gasteiger partial charge < -0.3 is 24.5 Å². The molecule has 2 N–H and O–H groups in total. The molecule has 0 atom stereocenters. The number of ether oxygens (including phenoxy) is 2. The highest BCUT2D eigenvalue weighted by atomic mass is 35.5. The van der Waals surface area contributed by atoms with Crippen LogP contribution in [-0.4, -0.2) is 50.3 Å². The van der Waals surface area contributed by atoms with Crippen LogP contribution in [0.15, 0.2) is 59.9 Å². The summed E-state index contributed by atoms with van der Waals surface area (Å²) in [6.07, 6.45) is 5.45. The number of carbonyl (C=O) groups is 3. The molecule has 0 unspecified atom stereocenters. The monoisotopic (exact) mass is 523 g/mol. The molecule has 9 nitrogen and oxygen atoms in total. The van der Waals surface area contributed by atoms with Crippen molar-refractivity contribution in [2.24, 2.45) is 0 Å². The number of Topliss-reactive ketones (excluding diaryl/α,β-unsaturated/α-hetero) is 1. The Morgan fingerprint density at radius 1 is 1.27 bits per heavy atom. The van der Waals surface area contributed by atoms with Crippen LogP contribution in [0.4, 0.5) is 0 Å². The minimum Gasteiger partial charge on any atom is -0.481 e. The van der Waals surface area contributed by atoms with Gasteiger partial charge in [0.05, 0.1) is 6.10 Å². The van der Waals surface area contributed by atoms with Crippen LogP contribution in [-0.2, 0) is 36.8 Å². The second-order valence-corrected chi connectivity index (χ2v) is 9.26. The lowest BCUT2D eigenvalue weighted by atomic mass is 9.99. The maximum Gasteiger partial charge on any atom is 0.348 e. The van der Waals surface area contributed by atoms with Gasteiger partial charge in [-0.05, 0) is 61.7 Å². The topological polar surface area (TPSA) is 122 Å². The number of pyridine rings is 1. The number of carboxylic acid groups (broad SMARTS) is 1. The average Bonchev–Trinajstić information content (AvgIpc) is 3.39. The Kier molecular flexibility index (Phi) is 7.63. The van der Waals surface area contributed by atoms with Gasteiger partial charge in [0.2, 0.25) is 11.7 Å². The van der Waals surface area contributed by atoms with Crippen LogP contribution in [0.5, 0.6) is 0 Å². The van der Waals surface area contributed by atoms with Crippen molar-refractivity contribution in [2.75, 3.05) is 6.54 Å². The average molecular weight is 524 g/mol. The van der Waals surface area contributed by atoms with Gasteiger partial charge in [-0.2, -0.15) is 0 Å². The van der Waals surface area contributed by atoms with E-state index in [-0.39, 0.29) is 23.3 Å². The van der Waals surface area contributed by atoms with Crippen molar-refractivity contribution in [1.82, 2.24) is 14.9 Å². The minimum atomic E-state index is -0.833. The summed E-state index contributed by atoms with van der Waals surface area (Å²) in [4.78, 5) is 44.5. The van der Waals surface area contributed by atoms with E-state index >= 15 is 0 Å². The molecule has 0 aliphatic carbocycles. The molecular formula is C27H26ClN3O6. The summed E-state index contributed by atoms with van der Waals surface area (Å²) in [5.74, 6) is -1.72. The van der Waals surface area contributed by atoms with E-state index in [1.165, 1.54) is 5.56 Å². The second-order valence-electron chi connectivity index (χ2n) is 8.82. The van der Waals surface area contributed by atoms with Gasteiger partial charge in [-0.25, -0.2) is 9.78 Å². The number of allylic oxidation sites excluding steroid dienone is 1. The number of aromatic nitrogens is 2. The number of rotatable bonds is 4. The third kappa shape index (κ3) is 5.83. The zero-order valence-corrected chi connectivity index (χ0v) is 21.3. The molecule has 0 amide bonds. The molecule has 192 valence electrons. The number of aromatic amines is 1. The molecule has 2 aliphatic rings. The van der Waals surface area contributed by atoms with Crippen LogP contribution in [0.2, 0.25) is 5.02 Å². The number of aliphatic carboxylic acids is 1. The number of hydrogen-bond donors (Lipinski definition) is 2. The number of fused-ring (bicyclic) bond motifs is 2. The van der Waals surface area contributed by atoms with Crippen molar-refractivity contribution < 1.29 is 29.0 Å². The molecule has 10 heteroatoms. The highest BCUT2D eigenvalue weighted by Crippen LogP contribution is 2.34. The summed E-state index contributed by atoms with van der Waals surface area (Å²) in [7, 11) is 0. The van der Waals surface area contributed by atoms with E-state index in [1.54, 1.807) is 32.3 Å². The summed E-state index contributed by atoms with van der Waals surface area (Å²) >= 11 is 6.19. The van der Waals surface area contributed by atoms with Gasteiger partial charge in [-0.15, -0.1) is 0 Å². The lowest BCUT2D eigenvalue weighted by Crippen LogP contribution is -2.32. The van der Waals surface area contributed by atoms with E-state index in [2.05, 4.69) is 9.97 Å². The highest BCUT2D eigenvalue weighted by molar-refractivity contribution is 6.30. The fourth-order valence-electron chi connectivity index (χ4n) is 4.13. The van der Waals surface area contributed by atoms with Crippen LogP contribution in [0, 0.1) is 0 Å². The number of carbonyl (C=O) groups excluding carboxylic acids is 2. The van der Waals surface area contributed by atoms with Crippen molar-refractivity contribution >= 4 is 46.4 Å². The number of H-pyrrole nitrogens is 1. The summed E-state index contributed by atoms with van der Waals surface area (Å²) in [5.41, 5.74) is 3.59. The predicted molar refractivity (Wildman–Crippen MR) is 137 cm³/mol. The first kappa shape index (κ1) is 26.0. The smallest absolute Gasteiger partial charge is 0.348 e. The molecule has 3 aromatic rings. The third-order valence-electron chi connectivity index (χ3n) is 5.66. The number of nitrogens with zero attached hydrogens (tertiary/aromatic N) is 2. The third-order valence-corrected chi connectivity index (χ3v) is 5.89. The summed E-state index contributed by atoms with van der Waals surface area (Å²) < 4.78 is 11.4. The van der Waals surface area contributed by atoms with Crippen molar-refractivity contribution in [3.63, 3.8) is 0 Å². The van der Waals surface area contributed by atoms with Gasteiger partial charge in [0.1, 0.15) is 5.65 Å². The molecule has 0 saturated carbocycles. The van der Waals surface area contributed by atoms with E-state index in [9.17, 15) is 9.59 Å². The van der Waals surface area contributed by atoms with Crippen molar-refractivity contribution in [3.8, 4) is 0 Å². The van der Waals surface area contributed by atoms with E-state index in [4.69, 9.17) is 31.0 Å². The number of nitrogens with one attached hydrogen (secondary N) is 1. The zero-order valence-electron chi connectivity index (χ0n) is 20.6. The number of hydrogen-bond acceptors (Lipinski definition) is 7. The molecule has 0 spiro atoms. The number of benzene rings is 1. The Balaban J connectivity index is 0.000000747. The van der Waals surface area contributed by atoms with Gasteiger partial charge in [0, 0.05) is 48.4 Å². The molecule has 1 aromatic carbocycles. The van der Waals surface area contributed by atoms with Crippen molar-refractivity contribution in [3.05, 3.63) is 81.7 Å². The molecule has 0 bridgehead atoms. The Hall–Kier alpha value is -4.11. The Bertz CT molecular complexity index is 1430. The van der Waals surface area contributed by atoms with E-state index in [0.717, 1.165) is 29.9 Å². The lowest BCUT2D eigenvalue weighted by Gasteiger charge is -2.30. The highest BCUT2D eigenvalue weighted by Gasteiger charge is 2.40. The number of halogens is 1. The molecule has 37 heavy (non-hydrogen) atoms. The maximum absolute atomic E-state index is 13.3. The summed E-state index contributed by atoms with van der Waals surface area (Å²) in [5, 5.41) is 8.91. The molecule has 0 fully saturated rings. The number of esters is 1. The first-order chi connectivity index (χ1) is 17.6. The maximum atomic E-state index is 13.3. The molecule has 0 radical (unpaired) electrons. The molecule has 5 rings (SSSR count). The molecule has 0 saturated heterocycles. The van der Waals surface area contributed by atoms with Gasteiger partial charge in [-0.1, -0.05) is 17.7 Å². The molecular weight excluding hydrogens is 498 g/mol. The fraction of sp³-hybridized carbons (Fsp3) is 0.259. The minimum absolute atomic E-state index is 0.0716. The van der Waals surface area contributed by atoms with Crippen molar-refractivity contribution in [2.45, 2.75) is 39.8 Å². The number of carboxylic acids is 1. The van der Waals surface area contributed by atoms with Crippen LogP contribution in [0.25, 0.3) is 17.1 Å². The van der Waals surface area contributed by atoms with E-state index < -0.39 is 17.7 Å². The predicted octanol–water partition coefficient (Wildman–Crippen LogP) is 4.47. The molecule has 2 aliphatic heterocycles. The standard InChI is InChI=1S/C25H22ClN3O4.C2H4O2/c1-14(2)32-25(31)21-22(30)20(11-16-12-28-23-19(16)4-3-8-27-23)33-24(21)29-9-7-15-5-6-18(26)10-17(15)13-29;1-2(3)4/h3-6,8,10-12,14H,7,9,13H2,1-2H3,(H,27,28);1H3,(H,3,4). The quantitative estimate of drug-likeness (QED) is 0.292. The SMILES string of the molecule is CC(=O)O.CC(C)OC(=O)C1=C(N2CCc3ccc(Cl)cc3C2)OC(=Cc2c[nH]c3ncccc23)C1=O. The molecule has 4 heterocycles. The van der Waals surface area contributed by atoms with Crippen LogP contribution >= 0.6 is 11.6 Å². The van der Waals surface area contributed by atoms with Crippen LogP contribution < -0.4 is 0 Å². The first-order valence-corrected chi connectivity index (χ1v) is 12.0. The Morgan fingerprint density at radius 3 is 2.76 bits per heavy atom. The zero-order chi connectivity index (χ0) is 26.7. The van der Waals surface area contributed by atoms with Gasteiger partial charge in [0.25, 0.3) is 5.97 Å². The van der Waals surface area contributed by atoms with Crippen LogP contribution in [0.1, 0.15) is 37.5 Å². The van der Waals surface area contributed by atoms with Crippen molar-refractivity contribution in [1.29, 1.82) is 0 Å². The number of ketones is 1. The largest absolute Gasteiger partial charge is 0.481 e. The Morgan fingerprint density at radius 2 is 2.03 bits per heavy atom. The van der Waals surface area contributed by atoms with E-state index in [1.807, 2.05) is 35.2 Å². The van der Waals surface area contributed by atoms with E-state index in [0.29, 0.717) is 23.8 Å². The van der Waals surface area contributed by atoms with Gasteiger partial charge in [0.15, 0.2) is 11.3 Å². The first-order valence-electron chi connectivity index (χ1n) is 11.7. The fourth-order valence-corrected chi connectivity index (χ4v) is 4.32. The van der Waals surface area contributed by atoms with Crippen LogP contribution in [0.3, 0.4) is 0 Å². The normalized spacial score (nSPS) is 16.0. The summed E-state index contributed by atoms with van der Waals surface area (Å²) in [6.45, 7) is 5.64.